The zero-order valence-electron chi connectivity index (χ0n) is 26.5. The van der Waals surface area contributed by atoms with Crippen LogP contribution in [0.25, 0.3) is 0 Å². The number of phenols is 3. The molecule has 0 aromatic heterocycles. The third kappa shape index (κ3) is 7.24. The SMILES string of the molecule is CC(C)(C)c1cc2c(O)c(c1)Cc1cc(C(C)(C)C)cc(c1O)Cc1cc(C(C)(C)C)cc(c1O)CSCCNC2. The van der Waals surface area contributed by atoms with E-state index in [0.29, 0.717) is 36.6 Å². The third-order valence-electron chi connectivity index (χ3n) is 8.16. The average molecular weight is 576 g/mol. The van der Waals surface area contributed by atoms with Crippen molar-refractivity contribution in [2.45, 2.75) is 104 Å². The fourth-order valence-electron chi connectivity index (χ4n) is 5.32. The molecular weight excluding hydrogens is 526 g/mol. The normalized spacial score (nSPS) is 15.4. The molecule has 0 saturated heterocycles. The lowest BCUT2D eigenvalue weighted by atomic mass is 9.81. The fraction of sp³-hybridized carbons (Fsp3) is 0.500. The molecule has 0 amide bonds. The Hall–Kier alpha value is -2.63. The minimum atomic E-state index is -0.141. The highest BCUT2D eigenvalue weighted by molar-refractivity contribution is 7.98. The highest BCUT2D eigenvalue weighted by Crippen LogP contribution is 2.40. The highest BCUT2D eigenvalue weighted by atomic mass is 32.2. The summed E-state index contributed by atoms with van der Waals surface area (Å²) in [7, 11) is 0. The monoisotopic (exact) mass is 575 g/mol. The molecule has 1 aliphatic rings. The second-order valence-corrected chi connectivity index (χ2v) is 15.9. The molecule has 0 saturated carbocycles. The minimum absolute atomic E-state index is 0.0745. The van der Waals surface area contributed by atoms with Gasteiger partial charge in [-0.3, -0.25) is 0 Å². The van der Waals surface area contributed by atoms with E-state index in [0.717, 1.165) is 56.8 Å². The molecule has 4 N–H and O–H groups in total. The molecule has 3 aromatic carbocycles. The summed E-state index contributed by atoms with van der Waals surface area (Å²) in [4.78, 5) is 0. The molecule has 222 valence electrons. The van der Waals surface area contributed by atoms with Gasteiger partial charge in [-0.05, 0) is 55.2 Å². The van der Waals surface area contributed by atoms with Crippen LogP contribution in [0.5, 0.6) is 17.2 Å². The molecule has 4 rings (SSSR count). The van der Waals surface area contributed by atoms with Gasteiger partial charge in [0.2, 0.25) is 0 Å². The van der Waals surface area contributed by atoms with E-state index in [1.54, 1.807) is 11.8 Å². The third-order valence-corrected chi connectivity index (χ3v) is 9.17. The Bertz CT molecular complexity index is 1320. The van der Waals surface area contributed by atoms with Crippen LogP contribution in [0.3, 0.4) is 0 Å². The van der Waals surface area contributed by atoms with Gasteiger partial charge in [0.05, 0.1) is 0 Å². The Balaban J connectivity index is 1.94. The van der Waals surface area contributed by atoms with Crippen molar-refractivity contribution in [3.8, 4) is 17.2 Å². The molecule has 5 heteroatoms. The standard InChI is InChI=1S/C36H49NO3S/c1-34(2,3)28-14-22-12-24-16-29(35(4,5)6)18-26(32(24)39)20-37-10-11-41-21-27-19-30(36(7,8)9)17-25(33(27)40)13-23(15-28)31(22)38/h14-19,37-40H,10-13,20-21H2,1-9H3. The summed E-state index contributed by atoms with van der Waals surface area (Å²) in [5, 5.41) is 38.1. The van der Waals surface area contributed by atoms with Crippen LogP contribution in [0.4, 0.5) is 0 Å². The summed E-state index contributed by atoms with van der Waals surface area (Å²) in [5.74, 6) is 2.45. The summed E-state index contributed by atoms with van der Waals surface area (Å²) in [5.41, 5.74) is 8.22. The number of hydrogen-bond donors (Lipinski definition) is 4. The van der Waals surface area contributed by atoms with Gasteiger partial charge in [0.1, 0.15) is 17.2 Å². The van der Waals surface area contributed by atoms with Crippen LogP contribution < -0.4 is 5.32 Å². The van der Waals surface area contributed by atoms with Crippen molar-refractivity contribution in [1.82, 2.24) is 5.32 Å². The van der Waals surface area contributed by atoms with Gasteiger partial charge in [-0.2, -0.15) is 11.8 Å². The molecular formula is C36H49NO3S. The number of thioether (sulfide) groups is 1. The first kappa shape index (κ1) is 31.3. The molecule has 0 aliphatic carbocycles. The Labute approximate surface area is 251 Å². The Morgan fingerprint density at radius 2 is 0.878 bits per heavy atom. The van der Waals surface area contributed by atoms with E-state index in [1.807, 2.05) is 0 Å². The molecule has 4 nitrogen and oxygen atoms in total. The number of benzene rings is 3. The number of nitrogens with one attached hydrogen (secondary N) is 1. The van der Waals surface area contributed by atoms with Crippen molar-refractivity contribution in [3.05, 3.63) is 86.5 Å². The highest BCUT2D eigenvalue weighted by Gasteiger charge is 2.25. The van der Waals surface area contributed by atoms with Gasteiger partial charge in [0.15, 0.2) is 0 Å². The number of rotatable bonds is 0. The molecule has 0 fully saturated rings. The van der Waals surface area contributed by atoms with Crippen molar-refractivity contribution in [1.29, 1.82) is 0 Å². The van der Waals surface area contributed by atoms with E-state index in [9.17, 15) is 15.3 Å². The van der Waals surface area contributed by atoms with Crippen LogP contribution in [0.1, 0.15) is 112 Å². The molecule has 1 aliphatic heterocycles. The molecule has 1 heterocycles. The summed E-state index contributed by atoms with van der Waals surface area (Å²) in [6, 6.07) is 12.6. The predicted octanol–water partition coefficient (Wildman–Crippen LogP) is 8.21. The van der Waals surface area contributed by atoms with E-state index < -0.39 is 0 Å². The maximum Gasteiger partial charge on any atom is 0.123 e. The van der Waals surface area contributed by atoms with Crippen LogP contribution in [0, 0.1) is 0 Å². The number of phenolic OH excluding ortho intramolecular Hbond substituents is 3. The van der Waals surface area contributed by atoms with Crippen molar-refractivity contribution >= 4 is 11.8 Å². The number of fused-ring (bicyclic) bond motifs is 6. The fourth-order valence-corrected chi connectivity index (χ4v) is 6.20. The van der Waals surface area contributed by atoms with Gasteiger partial charge < -0.3 is 20.6 Å². The topological polar surface area (TPSA) is 72.7 Å². The lowest BCUT2D eigenvalue weighted by molar-refractivity contribution is 0.451. The molecule has 3 aromatic rings. The van der Waals surface area contributed by atoms with Crippen LogP contribution in [-0.2, 0) is 41.4 Å². The molecule has 0 unspecified atom stereocenters. The molecule has 0 radical (unpaired) electrons. The van der Waals surface area contributed by atoms with E-state index in [2.05, 4.69) is 104 Å². The van der Waals surface area contributed by atoms with E-state index in [1.165, 1.54) is 5.56 Å². The van der Waals surface area contributed by atoms with Crippen LogP contribution >= 0.6 is 11.8 Å². The summed E-state index contributed by atoms with van der Waals surface area (Å²) < 4.78 is 0. The first-order valence-electron chi connectivity index (χ1n) is 14.8. The number of aromatic hydroxyl groups is 3. The van der Waals surface area contributed by atoms with E-state index >= 15 is 0 Å². The second-order valence-electron chi connectivity index (χ2n) is 14.8. The van der Waals surface area contributed by atoms with Crippen molar-refractivity contribution in [2.24, 2.45) is 0 Å². The van der Waals surface area contributed by atoms with Crippen molar-refractivity contribution < 1.29 is 15.3 Å². The number of hydrogen-bond acceptors (Lipinski definition) is 5. The van der Waals surface area contributed by atoms with Crippen molar-refractivity contribution in [2.75, 3.05) is 12.3 Å². The Morgan fingerprint density at radius 3 is 1.29 bits per heavy atom. The van der Waals surface area contributed by atoms with Crippen LogP contribution in [-0.4, -0.2) is 27.6 Å². The zero-order valence-corrected chi connectivity index (χ0v) is 27.3. The first-order valence-corrected chi connectivity index (χ1v) is 15.9. The first-order chi connectivity index (χ1) is 18.9. The Morgan fingerprint density at radius 1 is 0.537 bits per heavy atom. The van der Waals surface area contributed by atoms with E-state index in [-0.39, 0.29) is 22.0 Å². The van der Waals surface area contributed by atoms with Gasteiger partial charge in [-0.25, -0.2) is 0 Å². The largest absolute Gasteiger partial charge is 0.507 e. The lowest BCUT2D eigenvalue weighted by Gasteiger charge is -2.25. The van der Waals surface area contributed by atoms with Gasteiger partial charge in [0, 0.05) is 48.6 Å². The zero-order chi connectivity index (χ0) is 30.3. The second kappa shape index (κ2) is 11.6. The summed E-state index contributed by atoms with van der Waals surface area (Å²) >= 11 is 1.79. The van der Waals surface area contributed by atoms with E-state index in [4.69, 9.17) is 0 Å². The lowest BCUT2D eigenvalue weighted by Crippen LogP contribution is -2.19. The summed E-state index contributed by atoms with van der Waals surface area (Å²) in [6.45, 7) is 21.0. The van der Waals surface area contributed by atoms with Crippen molar-refractivity contribution in [3.63, 3.8) is 0 Å². The van der Waals surface area contributed by atoms with Gasteiger partial charge in [0.25, 0.3) is 0 Å². The molecule has 41 heavy (non-hydrogen) atoms. The Kier molecular flexibility index (Phi) is 8.83. The maximum atomic E-state index is 11.7. The molecule has 6 bridgehead atoms. The van der Waals surface area contributed by atoms with Gasteiger partial charge in [-0.15, -0.1) is 0 Å². The van der Waals surface area contributed by atoms with Gasteiger partial charge >= 0.3 is 0 Å². The summed E-state index contributed by atoms with van der Waals surface area (Å²) in [6.07, 6.45) is 0.845. The average Bonchev–Trinajstić information content (AvgIpc) is 2.84. The smallest absolute Gasteiger partial charge is 0.123 e. The molecule has 0 atom stereocenters. The predicted molar refractivity (Wildman–Crippen MR) is 174 cm³/mol. The minimum Gasteiger partial charge on any atom is -0.507 e. The van der Waals surface area contributed by atoms with Crippen LogP contribution in [0.15, 0.2) is 36.4 Å². The quantitative estimate of drug-likeness (QED) is 0.217. The van der Waals surface area contributed by atoms with Gasteiger partial charge in [-0.1, -0.05) is 98.7 Å². The van der Waals surface area contributed by atoms with Crippen LogP contribution in [0.2, 0.25) is 0 Å². The molecule has 0 spiro atoms. The maximum absolute atomic E-state index is 11.7.